The molecule has 90 valence electrons. The Morgan fingerprint density at radius 2 is 2.35 bits per heavy atom. The Morgan fingerprint density at radius 1 is 1.53 bits per heavy atom. The third kappa shape index (κ3) is 2.84. The lowest BCUT2D eigenvalue weighted by Gasteiger charge is -2.15. The molecule has 0 saturated heterocycles. The molecule has 5 heteroatoms. The highest BCUT2D eigenvalue weighted by molar-refractivity contribution is 14.1. The maximum Gasteiger partial charge on any atom is 0.158 e. The minimum Gasteiger partial charge on any atom is -0.310 e. The van der Waals surface area contributed by atoms with Gasteiger partial charge in [0.15, 0.2) is 5.82 Å². The molecule has 2 rings (SSSR count). The molecule has 17 heavy (non-hydrogen) atoms. The topological polar surface area (TPSA) is 42.7 Å². The molecule has 0 saturated carbocycles. The van der Waals surface area contributed by atoms with Crippen molar-refractivity contribution in [3.8, 4) is 5.82 Å². The zero-order chi connectivity index (χ0) is 12.3. The van der Waals surface area contributed by atoms with Crippen LogP contribution in [0.4, 0.5) is 0 Å². The van der Waals surface area contributed by atoms with E-state index < -0.39 is 0 Å². The van der Waals surface area contributed by atoms with Crippen molar-refractivity contribution in [2.45, 2.75) is 19.9 Å². The van der Waals surface area contributed by atoms with Gasteiger partial charge in [-0.3, -0.25) is 0 Å². The van der Waals surface area contributed by atoms with Gasteiger partial charge in [0.25, 0.3) is 0 Å². The lowest BCUT2D eigenvalue weighted by molar-refractivity contribution is 0.590. The molecular formula is C12H15IN4. The van der Waals surface area contributed by atoms with Gasteiger partial charge in [0.2, 0.25) is 0 Å². The minimum atomic E-state index is 0.269. The van der Waals surface area contributed by atoms with Crippen LogP contribution in [0.5, 0.6) is 0 Å². The largest absolute Gasteiger partial charge is 0.310 e. The van der Waals surface area contributed by atoms with Gasteiger partial charge in [0.05, 0.1) is 9.77 Å². The van der Waals surface area contributed by atoms with Crippen LogP contribution in [0.25, 0.3) is 5.82 Å². The summed E-state index contributed by atoms with van der Waals surface area (Å²) in [6.07, 6.45) is 5.61. The molecule has 2 heterocycles. The van der Waals surface area contributed by atoms with Crippen LogP contribution in [-0.4, -0.2) is 21.3 Å². The molecule has 0 bridgehead atoms. The molecule has 2 aromatic heterocycles. The first-order valence-corrected chi connectivity index (χ1v) is 6.69. The van der Waals surface area contributed by atoms with Gasteiger partial charge in [-0.1, -0.05) is 13.0 Å². The van der Waals surface area contributed by atoms with E-state index in [0.29, 0.717) is 0 Å². The number of hydrogen-bond acceptors (Lipinski definition) is 3. The molecule has 0 spiro atoms. The Morgan fingerprint density at radius 3 is 3.00 bits per heavy atom. The van der Waals surface area contributed by atoms with Crippen LogP contribution in [-0.2, 0) is 0 Å². The summed E-state index contributed by atoms with van der Waals surface area (Å²) < 4.78 is 2.93. The zero-order valence-electron chi connectivity index (χ0n) is 9.89. The summed E-state index contributed by atoms with van der Waals surface area (Å²) in [4.78, 5) is 4.42. The second kappa shape index (κ2) is 5.59. The van der Waals surface area contributed by atoms with E-state index in [-0.39, 0.29) is 6.04 Å². The Bertz CT molecular complexity index is 495. The van der Waals surface area contributed by atoms with Gasteiger partial charge in [-0.2, -0.15) is 5.10 Å². The molecule has 0 aliphatic carbocycles. The van der Waals surface area contributed by atoms with Crippen molar-refractivity contribution in [2.24, 2.45) is 0 Å². The summed E-state index contributed by atoms with van der Waals surface area (Å²) in [7, 11) is 0. The Balaban J connectivity index is 2.40. The van der Waals surface area contributed by atoms with Gasteiger partial charge in [0.1, 0.15) is 0 Å². The van der Waals surface area contributed by atoms with E-state index >= 15 is 0 Å². The summed E-state index contributed by atoms with van der Waals surface area (Å²) in [6, 6.07) is 4.32. The number of hydrogen-bond donors (Lipinski definition) is 1. The number of nitrogens with zero attached hydrogens (tertiary/aromatic N) is 3. The van der Waals surface area contributed by atoms with Gasteiger partial charge < -0.3 is 5.32 Å². The normalized spacial score (nSPS) is 12.6. The highest BCUT2D eigenvalue weighted by atomic mass is 127. The molecule has 4 nitrogen and oxygen atoms in total. The molecule has 0 aliphatic rings. The van der Waals surface area contributed by atoms with Crippen molar-refractivity contribution in [2.75, 3.05) is 6.54 Å². The van der Waals surface area contributed by atoms with E-state index in [0.717, 1.165) is 21.5 Å². The second-order valence-corrected chi connectivity index (χ2v) is 5.04. The average Bonchev–Trinajstić information content (AvgIpc) is 2.76. The standard InChI is InChI=1S/C12H15IN4/c1-3-14-9(2)11-5-4-6-15-12(11)17-8-10(13)7-16-17/h4-9,14H,3H2,1-2H3. The van der Waals surface area contributed by atoms with E-state index in [1.54, 1.807) is 6.20 Å². The van der Waals surface area contributed by atoms with Gasteiger partial charge in [-0.05, 0) is 42.1 Å². The summed E-state index contributed by atoms with van der Waals surface area (Å²) >= 11 is 2.25. The molecule has 1 atom stereocenters. The van der Waals surface area contributed by atoms with Crippen molar-refractivity contribution in [1.29, 1.82) is 0 Å². The summed E-state index contributed by atoms with van der Waals surface area (Å²) in [6.45, 7) is 5.17. The van der Waals surface area contributed by atoms with Crippen LogP contribution in [0.1, 0.15) is 25.5 Å². The van der Waals surface area contributed by atoms with Crippen molar-refractivity contribution < 1.29 is 0 Å². The predicted octanol–water partition coefficient (Wildman–Crippen LogP) is 2.54. The third-order valence-electron chi connectivity index (χ3n) is 2.56. The first kappa shape index (κ1) is 12.5. The maximum absolute atomic E-state index is 4.42. The maximum atomic E-state index is 4.42. The summed E-state index contributed by atoms with van der Waals surface area (Å²) in [5, 5.41) is 7.70. The molecule has 0 fully saturated rings. The van der Waals surface area contributed by atoms with E-state index in [9.17, 15) is 0 Å². The van der Waals surface area contributed by atoms with Crippen molar-refractivity contribution in [3.05, 3.63) is 39.9 Å². The number of halogens is 1. The van der Waals surface area contributed by atoms with Gasteiger partial charge in [-0.15, -0.1) is 0 Å². The number of nitrogens with one attached hydrogen (secondary N) is 1. The molecule has 1 unspecified atom stereocenters. The number of pyridine rings is 1. The van der Waals surface area contributed by atoms with Gasteiger partial charge in [0, 0.05) is 24.0 Å². The van der Waals surface area contributed by atoms with Crippen molar-refractivity contribution in [1.82, 2.24) is 20.1 Å². The minimum absolute atomic E-state index is 0.269. The second-order valence-electron chi connectivity index (χ2n) is 3.80. The van der Waals surface area contributed by atoms with Crippen LogP contribution in [0.15, 0.2) is 30.7 Å². The highest BCUT2D eigenvalue weighted by Gasteiger charge is 2.12. The first-order chi connectivity index (χ1) is 8.22. The SMILES string of the molecule is CCNC(C)c1cccnc1-n1cc(I)cn1. The van der Waals surface area contributed by atoms with Crippen LogP contribution in [0.3, 0.4) is 0 Å². The van der Waals surface area contributed by atoms with Crippen LogP contribution in [0.2, 0.25) is 0 Å². The first-order valence-electron chi connectivity index (χ1n) is 5.61. The zero-order valence-corrected chi connectivity index (χ0v) is 12.0. The van der Waals surface area contributed by atoms with Crippen LogP contribution < -0.4 is 5.32 Å². The molecule has 1 N–H and O–H groups in total. The fraction of sp³-hybridized carbons (Fsp3) is 0.333. The smallest absolute Gasteiger partial charge is 0.158 e. The monoisotopic (exact) mass is 342 g/mol. The number of rotatable bonds is 4. The molecule has 0 aromatic carbocycles. The van der Waals surface area contributed by atoms with Crippen LogP contribution >= 0.6 is 22.6 Å². The lowest BCUT2D eigenvalue weighted by Crippen LogP contribution is -2.20. The lowest BCUT2D eigenvalue weighted by atomic mass is 10.1. The van der Waals surface area contributed by atoms with Crippen molar-refractivity contribution in [3.63, 3.8) is 0 Å². The summed E-state index contributed by atoms with van der Waals surface area (Å²) in [5.74, 6) is 0.892. The fourth-order valence-electron chi connectivity index (χ4n) is 1.77. The van der Waals surface area contributed by atoms with E-state index in [1.807, 2.05) is 23.1 Å². The third-order valence-corrected chi connectivity index (χ3v) is 3.12. The molecule has 0 radical (unpaired) electrons. The van der Waals surface area contributed by atoms with Gasteiger partial charge in [-0.25, -0.2) is 9.67 Å². The van der Waals surface area contributed by atoms with Crippen molar-refractivity contribution >= 4 is 22.6 Å². The molecule has 0 aliphatic heterocycles. The predicted molar refractivity (Wildman–Crippen MR) is 76.2 cm³/mol. The molecule has 2 aromatic rings. The van der Waals surface area contributed by atoms with Crippen LogP contribution in [0, 0.1) is 3.57 Å². The quantitative estimate of drug-likeness (QED) is 0.869. The Hall–Kier alpha value is -0.950. The van der Waals surface area contributed by atoms with E-state index in [2.05, 4.69) is 57.9 Å². The van der Waals surface area contributed by atoms with E-state index in [4.69, 9.17) is 0 Å². The molecular weight excluding hydrogens is 327 g/mol. The fourth-order valence-corrected chi connectivity index (χ4v) is 2.16. The van der Waals surface area contributed by atoms with Gasteiger partial charge >= 0.3 is 0 Å². The Kier molecular flexibility index (Phi) is 4.11. The average molecular weight is 342 g/mol. The van der Waals surface area contributed by atoms with E-state index in [1.165, 1.54) is 0 Å². The highest BCUT2D eigenvalue weighted by Crippen LogP contribution is 2.19. The number of aromatic nitrogens is 3. The molecule has 0 amide bonds. The Labute approximate surface area is 115 Å². The summed E-state index contributed by atoms with van der Waals surface area (Å²) in [5.41, 5.74) is 1.16.